The Hall–Kier alpha value is -10.0. The van der Waals surface area contributed by atoms with Gasteiger partial charge < -0.3 is 4.57 Å². The Labute approximate surface area is 433 Å². The summed E-state index contributed by atoms with van der Waals surface area (Å²) in [4.78, 5) is 16.6. The third-order valence-electron chi connectivity index (χ3n) is 15.2. The van der Waals surface area contributed by atoms with Crippen LogP contribution in [0.4, 0.5) is 0 Å². The highest BCUT2D eigenvalue weighted by molar-refractivity contribution is 6.24. The Balaban J connectivity index is 1.09. The van der Waals surface area contributed by atoms with Crippen LogP contribution >= 0.6 is 0 Å². The van der Waals surface area contributed by atoms with Crippen molar-refractivity contribution in [3.8, 4) is 73.2 Å². The van der Waals surface area contributed by atoms with E-state index in [9.17, 15) is 0 Å². The number of benzene rings is 13. The minimum absolute atomic E-state index is 0.601. The van der Waals surface area contributed by atoms with Crippen molar-refractivity contribution in [3.05, 3.63) is 267 Å². The van der Waals surface area contributed by atoms with E-state index in [-0.39, 0.29) is 0 Å². The maximum atomic E-state index is 5.61. The number of hydrogen-bond donors (Lipinski definition) is 0. The second kappa shape index (κ2) is 17.3. The van der Waals surface area contributed by atoms with Crippen LogP contribution in [0, 0.1) is 0 Å². The Morgan fingerprint density at radius 3 is 1.57 bits per heavy atom. The zero-order chi connectivity index (χ0) is 49.4. The van der Waals surface area contributed by atoms with Gasteiger partial charge >= 0.3 is 0 Å². The molecule has 13 aromatic carbocycles. The molecule has 0 atom stereocenters. The molecule has 2 heterocycles. The third kappa shape index (κ3) is 7.18. The number of nitrogens with zero attached hydrogens (tertiary/aromatic N) is 4. The molecule has 15 rings (SSSR count). The molecule has 0 saturated heterocycles. The lowest BCUT2D eigenvalue weighted by molar-refractivity contribution is 1.08. The van der Waals surface area contributed by atoms with E-state index >= 15 is 0 Å². The van der Waals surface area contributed by atoms with Crippen molar-refractivity contribution in [2.24, 2.45) is 0 Å². The molecule has 0 spiro atoms. The predicted molar refractivity (Wildman–Crippen MR) is 314 cm³/mol. The molecular weight excluding hydrogens is 909 g/mol. The van der Waals surface area contributed by atoms with Crippen LogP contribution in [0.25, 0.3) is 149 Å². The van der Waals surface area contributed by atoms with Crippen LogP contribution < -0.4 is 0 Å². The Morgan fingerprint density at radius 2 is 0.787 bits per heavy atom. The summed E-state index contributed by atoms with van der Waals surface area (Å²) in [6, 6.07) is 96.4. The molecule has 4 nitrogen and oxygen atoms in total. The van der Waals surface area contributed by atoms with Gasteiger partial charge in [0.15, 0.2) is 17.5 Å². The quantitative estimate of drug-likeness (QED) is 0.160. The highest BCUT2D eigenvalue weighted by Gasteiger charge is 2.25. The SMILES string of the molecule is c1ccc(-c2cccc(-c3ccc4c(-c5nc(-c6ccc7ccccc7c6)nc(-c6cccc7ccccc67)n5)c(-c5ccccc5)cc(-n5c6cc7ccccc7cc6c6c7ccccc7ccc65)c4c3)c2)cc1. The second-order valence-electron chi connectivity index (χ2n) is 19.5. The molecule has 0 fully saturated rings. The summed E-state index contributed by atoms with van der Waals surface area (Å²) in [6.07, 6.45) is 0. The van der Waals surface area contributed by atoms with Crippen LogP contribution in [0.5, 0.6) is 0 Å². The first-order valence-electron chi connectivity index (χ1n) is 25.6. The molecule has 0 unspecified atom stereocenters. The van der Waals surface area contributed by atoms with Crippen LogP contribution in [0.3, 0.4) is 0 Å². The molecule has 0 saturated carbocycles. The lowest BCUT2D eigenvalue weighted by Gasteiger charge is -2.20. The van der Waals surface area contributed by atoms with Crippen LogP contribution in [-0.2, 0) is 0 Å². The topological polar surface area (TPSA) is 43.6 Å². The van der Waals surface area contributed by atoms with E-state index in [0.29, 0.717) is 17.5 Å². The van der Waals surface area contributed by atoms with Gasteiger partial charge in [0.2, 0.25) is 0 Å². The summed E-state index contributed by atoms with van der Waals surface area (Å²) in [5, 5.41) is 13.9. The summed E-state index contributed by atoms with van der Waals surface area (Å²) in [6.45, 7) is 0. The largest absolute Gasteiger partial charge is 0.309 e. The van der Waals surface area contributed by atoms with Gasteiger partial charge in [-0.25, -0.2) is 15.0 Å². The molecule has 0 aliphatic carbocycles. The van der Waals surface area contributed by atoms with E-state index in [0.717, 1.165) is 88.0 Å². The molecule has 0 N–H and O–H groups in total. The molecule has 0 radical (unpaired) electrons. The van der Waals surface area contributed by atoms with Crippen molar-refractivity contribution < 1.29 is 0 Å². The molecular formula is C71H44N4. The molecule has 0 aliphatic heterocycles. The normalized spacial score (nSPS) is 11.7. The minimum atomic E-state index is 0.601. The van der Waals surface area contributed by atoms with Crippen LogP contribution in [0.15, 0.2) is 267 Å². The van der Waals surface area contributed by atoms with Crippen molar-refractivity contribution in [1.82, 2.24) is 19.5 Å². The predicted octanol–water partition coefficient (Wildman–Crippen LogP) is 18.7. The lowest BCUT2D eigenvalue weighted by Crippen LogP contribution is -2.04. The van der Waals surface area contributed by atoms with Gasteiger partial charge in [0.1, 0.15) is 0 Å². The first kappa shape index (κ1) is 42.6. The summed E-state index contributed by atoms with van der Waals surface area (Å²) >= 11 is 0. The van der Waals surface area contributed by atoms with Crippen molar-refractivity contribution in [3.63, 3.8) is 0 Å². The van der Waals surface area contributed by atoms with E-state index < -0.39 is 0 Å². The van der Waals surface area contributed by atoms with Gasteiger partial charge in [0, 0.05) is 32.8 Å². The Morgan fingerprint density at radius 1 is 0.240 bits per heavy atom. The number of fused-ring (bicyclic) bond motifs is 9. The number of rotatable bonds is 7. The summed E-state index contributed by atoms with van der Waals surface area (Å²) in [5.41, 5.74) is 12.8. The number of aromatic nitrogens is 4. The van der Waals surface area contributed by atoms with Gasteiger partial charge in [-0.05, 0) is 124 Å². The van der Waals surface area contributed by atoms with E-state index in [1.165, 1.54) is 43.4 Å². The summed E-state index contributed by atoms with van der Waals surface area (Å²) < 4.78 is 2.52. The van der Waals surface area contributed by atoms with Gasteiger partial charge in [0.05, 0.1) is 16.7 Å². The molecule has 348 valence electrons. The van der Waals surface area contributed by atoms with E-state index in [4.69, 9.17) is 15.0 Å². The molecule has 0 bridgehead atoms. The Bertz CT molecular complexity index is 4760. The molecule has 0 amide bonds. The van der Waals surface area contributed by atoms with E-state index in [1.54, 1.807) is 0 Å². The fourth-order valence-corrected chi connectivity index (χ4v) is 11.6. The maximum Gasteiger partial charge on any atom is 0.165 e. The highest BCUT2D eigenvalue weighted by Crippen LogP contribution is 2.46. The first-order valence-corrected chi connectivity index (χ1v) is 25.6. The summed E-state index contributed by atoms with van der Waals surface area (Å²) in [7, 11) is 0. The number of hydrogen-bond acceptors (Lipinski definition) is 3. The molecule has 75 heavy (non-hydrogen) atoms. The van der Waals surface area contributed by atoms with E-state index in [2.05, 4.69) is 271 Å². The van der Waals surface area contributed by atoms with Crippen LogP contribution in [0.2, 0.25) is 0 Å². The van der Waals surface area contributed by atoms with E-state index in [1.807, 2.05) is 0 Å². The Kier molecular flexibility index (Phi) is 9.85. The average molecular weight is 953 g/mol. The zero-order valence-corrected chi connectivity index (χ0v) is 40.7. The lowest BCUT2D eigenvalue weighted by atomic mass is 9.90. The van der Waals surface area contributed by atoms with Crippen molar-refractivity contribution in [1.29, 1.82) is 0 Å². The monoisotopic (exact) mass is 952 g/mol. The molecule has 15 aromatic rings. The maximum absolute atomic E-state index is 5.61. The van der Waals surface area contributed by atoms with Gasteiger partial charge in [-0.15, -0.1) is 0 Å². The standard InChI is InChI=1S/C71H44N4/c1-3-17-45(18-4-1)51-28-15-29-52(39-51)55-35-37-59-62(41-55)66(75-64-38-36-49-23-12-14-31-58(49)67(64)63-42-53-25-9-10-26-54(53)43-65(63)75)44-61(48-20-5-2-6-21-48)68(59)71-73-69(56-34-33-46-19-7-8-24-50(46)40-56)72-70(74-71)60-32-16-27-47-22-11-13-30-57(47)60/h1-44H. The third-order valence-corrected chi connectivity index (χ3v) is 15.2. The van der Waals surface area contributed by atoms with Gasteiger partial charge in [-0.1, -0.05) is 224 Å². The van der Waals surface area contributed by atoms with Crippen molar-refractivity contribution in [2.75, 3.05) is 0 Å². The second-order valence-corrected chi connectivity index (χ2v) is 19.5. The van der Waals surface area contributed by atoms with Crippen molar-refractivity contribution in [2.45, 2.75) is 0 Å². The minimum Gasteiger partial charge on any atom is -0.309 e. The fourth-order valence-electron chi connectivity index (χ4n) is 11.6. The average Bonchev–Trinajstić information content (AvgIpc) is 3.87. The fraction of sp³-hybridized carbons (Fsp3) is 0. The summed E-state index contributed by atoms with van der Waals surface area (Å²) in [5.74, 6) is 1.83. The zero-order valence-electron chi connectivity index (χ0n) is 40.7. The van der Waals surface area contributed by atoms with Crippen LogP contribution in [0.1, 0.15) is 0 Å². The molecule has 4 heteroatoms. The highest BCUT2D eigenvalue weighted by atomic mass is 15.0. The molecule has 2 aromatic heterocycles. The van der Waals surface area contributed by atoms with Gasteiger partial charge in [0.25, 0.3) is 0 Å². The first-order chi connectivity index (χ1) is 37.2. The van der Waals surface area contributed by atoms with Gasteiger partial charge in [-0.3, -0.25) is 0 Å². The van der Waals surface area contributed by atoms with Crippen molar-refractivity contribution >= 4 is 75.7 Å². The molecule has 0 aliphatic rings. The van der Waals surface area contributed by atoms with Gasteiger partial charge in [-0.2, -0.15) is 0 Å². The smallest absolute Gasteiger partial charge is 0.165 e. The van der Waals surface area contributed by atoms with Crippen LogP contribution in [-0.4, -0.2) is 19.5 Å².